The van der Waals surface area contributed by atoms with Crippen molar-refractivity contribution in [1.82, 2.24) is 9.80 Å². The fourth-order valence-corrected chi connectivity index (χ4v) is 2.04. The van der Waals surface area contributed by atoms with Crippen LogP contribution in [0.3, 0.4) is 0 Å². The normalized spacial score (nSPS) is 19.9. The van der Waals surface area contributed by atoms with Gasteiger partial charge >= 0.3 is 0 Å². The third kappa shape index (κ3) is 4.94. The second kappa shape index (κ2) is 6.53. The van der Waals surface area contributed by atoms with Gasteiger partial charge in [0.2, 0.25) is 5.91 Å². The molecule has 0 saturated carbocycles. The van der Waals surface area contributed by atoms with Crippen molar-refractivity contribution < 1.29 is 9.53 Å². The fourth-order valence-electron chi connectivity index (χ4n) is 2.04. The molecule has 4 heteroatoms. The van der Waals surface area contributed by atoms with E-state index in [9.17, 15) is 4.79 Å². The number of amides is 1. The molecule has 0 N–H and O–H groups in total. The highest BCUT2D eigenvalue weighted by Gasteiger charge is 2.24. The largest absolute Gasteiger partial charge is 0.366 e. The molecule has 106 valence electrons. The van der Waals surface area contributed by atoms with Crippen LogP contribution in [0.1, 0.15) is 41.0 Å². The van der Waals surface area contributed by atoms with Crippen LogP contribution in [0, 0.1) is 0 Å². The Kier molecular flexibility index (Phi) is 5.60. The molecule has 0 spiro atoms. The lowest BCUT2D eigenvalue weighted by atomic mass is 10.2. The summed E-state index contributed by atoms with van der Waals surface area (Å²) in [6, 6.07) is 0.619. The first-order valence-electron chi connectivity index (χ1n) is 6.99. The first kappa shape index (κ1) is 15.4. The van der Waals surface area contributed by atoms with Gasteiger partial charge in [-0.15, -0.1) is 0 Å². The maximum absolute atomic E-state index is 12.0. The zero-order chi connectivity index (χ0) is 13.8. The van der Waals surface area contributed by atoms with Crippen molar-refractivity contribution >= 4 is 5.91 Å². The highest BCUT2D eigenvalue weighted by Crippen LogP contribution is 2.11. The Bertz CT molecular complexity index is 265. The third-order valence-electron chi connectivity index (χ3n) is 3.51. The summed E-state index contributed by atoms with van der Waals surface area (Å²) in [5.41, 5.74) is -0.242. The van der Waals surface area contributed by atoms with Crippen LogP contribution in [0.15, 0.2) is 0 Å². The van der Waals surface area contributed by atoms with E-state index in [-0.39, 0.29) is 18.1 Å². The number of hydrogen-bond donors (Lipinski definition) is 0. The summed E-state index contributed by atoms with van der Waals surface area (Å²) in [4.78, 5) is 16.3. The topological polar surface area (TPSA) is 32.8 Å². The smallest absolute Gasteiger partial charge is 0.248 e. The van der Waals surface area contributed by atoms with Crippen LogP contribution in [0.4, 0.5) is 0 Å². The molecule has 18 heavy (non-hydrogen) atoms. The second-order valence-electron chi connectivity index (χ2n) is 6.08. The summed E-state index contributed by atoms with van der Waals surface area (Å²) in [6.45, 7) is 14.2. The van der Waals surface area contributed by atoms with Crippen LogP contribution in [-0.4, -0.2) is 60.1 Å². The molecule has 0 aliphatic carbocycles. The molecule has 0 bridgehead atoms. The minimum absolute atomic E-state index is 0.119. The van der Waals surface area contributed by atoms with E-state index in [2.05, 4.69) is 18.7 Å². The first-order chi connectivity index (χ1) is 8.33. The van der Waals surface area contributed by atoms with E-state index in [1.54, 1.807) is 0 Å². The monoisotopic (exact) mass is 256 g/mol. The van der Waals surface area contributed by atoms with E-state index < -0.39 is 0 Å². The number of rotatable bonds is 4. The highest BCUT2D eigenvalue weighted by molar-refractivity contribution is 5.77. The molecular weight excluding hydrogens is 228 g/mol. The Hall–Kier alpha value is -0.610. The zero-order valence-electron chi connectivity index (χ0n) is 12.5. The number of nitrogens with zero attached hydrogens (tertiary/aromatic N) is 2. The maximum atomic E-state index is 12.0. The van der Waals surface area contributed by atoms with Crippen molar-refractivity contribution in [3.05, 3.63) is 0 Å². The Morgan fingerprint density at radius 3 is 2.22 bits per heavy atom. The molecule has 1 atom stereocenters. The van der Waals surface area contributed by atoms with E-state index in [1.807, 2.05) is 25.7 Å². The first-order valence-corrected chi connectivity index (χ1v) is 6.99. The van der Waals surface area contributed by atoms with Gasteiger partial charge in [-0.1, -0.05) is 6.92 Å². The number of ether oxygens (including phenoxy) is 1. The molecular formula is C14H28N2O2. The Labute approximate surface area is 111 Å². The predicted molar refractivity (Wildman–Crippen MR) is 73.6 cm³/mol. The van der Waals surface area contributed by atoms with Gasteiger partial charge in [0.25, 0.3) is 0 Å². The average molecular weight is 256 g/mol. The Balaban J connectivity index is 2.32. The number of carbonyl (C=O) groups excluding carboxylic acids is 1. The van der Waals surface area contributed by atoms with Crippen molar-refractivity contribution in [2.75, 3.05) is 32.8 Å². The predicted octanol–water partition coefficient (Wildman–Crippen LogP) is 1.74. The van der Waals surface area contributed by atoms with Crippen LogP contribution in [0.5, 0.6) is 0 Å². The molecule has 1 fully saturated rings. The Morgan fingerprint density at radius 1 is 1.22 bits per heavy atom. The van der Waals surface area contributed by atoms with Gasteiger partial charge in [-0.3, -0.25) is 9.69 Å². The summed E-state index contributed by atoms with van der Waals surface area (Å²) in [7, 11) is 0. The molecule has 1 aliphatic rings. The van der Waals surface area contributed by atoms with E-state index >= 15 is 0 Å². The van der Waals surface area contributed by atoms with Crippen LogP contribution in [0.25, 0.3) is 0 Å². The van der Waals surface area contributed by atoms with Gasteiger partial charge in [-0.05, 0) is 34.1 Å². The van der Waals surface area contributed by atoms with E-state index in [0.717, 1.165) is 26.2 Å². The molecule has 1 heterocycles. The van der Waals surface area contributed by atoms with Crippen molar-refractivity contribution in [2.24, 2.45) is 0 Å². The lowest BCUT2D eigenvalue weighted by molar-refractivity contribution is -0.143. The molecule has 1 rings (SSSR count). The van der Waals surface area contributed by atoms with Gasteiger partial charge in [-0.2, -0.15) is 0 Å². The Morgan fingerprint density at radius 2 is 1.78 bits per heavy atom. The highest BCUT2D eigenvalue weighted by atomic mass is 16.5. The standard InChI is InChI=1S/C14H28N2O2/c1-6-12(2)15-7-9-16(10-8-15)13(17)11-18-14(3,4)5/h12H,6-11H2,1-5H3. The van der Waals surface area contributed by atoms with Gasteiger partial charge in [0.1, 0.15) is 6.61 Å². The molecule has 1 unspecified atom stereocenters. The minimum atomic E-state index is -0.242. The zero-order valence-corrected chi connectivity index (χ0v) is 12.5. The maximum Gasteiger partial charge on any atom is 0.248 e. The number of hydrogen-bond acceptors (Lipinski definition) is 3. The van der Waals surface area contributed by atoms with Crippen LogP contribution in [0.2, 0.25) is 0 Å². The molecule has 0 aromatic carbocycles. The summed E-state index contributed by atoms with van der Waals surface area (Å²) >= 11 is 0. The van der Waals surface area contributed by atoms with Gasteiger partial charge in [0.15, 0.2) is 0 Å². The fraction of sp³-hybridized carbons (Fsp3) is 0.929. The number of carbonyl (C=O) groups is 1. The molecule has 1 amide bonds. The van der Waals surface area contributed by atoms with Gasteiger partial charge in [0.05, 0.1) is 5.60 Å². The molecule has 0 radical (unpaired) electrons. The van der Waals surface area contributed by atoms with Crippen LogP contribution < -0.4 is 0 Å². The quantitative estimate of drug-likeness (QED) is 0.768. The summed E-state index contributed by atoms with van der Waals surface area (Å²) in [5, 5.41) is 0. The molecule has 0 aromatic heterocycles. The van der Waals surface area contributed by atoms with E-state index in [1.165, 1.54) is 6.42 Å². The molecule has 0 aromatic rings. The SMILES string of the molecule is CCC(C)N1CCN(C(=O)COC(C)(C)C)CC1. The van der Waals surface area contributed by atoms with Crippen LogP contribution in [-0.2, 0) is 9.53 Å². The van der Waals surface area contributed by atoms with Crippen LogP contribution >= 0.6 is 0 Å². The second-order valence-corrected chi connectivity index (χ2v) is 6.08. The lowest BCUT2D eigenvalue weighted by Crippen LogP contribution is -2.52. The van der Waals surface area contributed by atoms with Gasteiger partial charge in [-0.25, -0.2) is 0 Å². The van der Waals surface area contributed by atoms with Crippen molar-refractivity contribution in [2.45, 2.75) is 52.7 Å². The average Bonchev–Trinajstić information content (AvgIpc) is 2.34. The van der Waals surface area contributed by atoms with Crippen molar-refractivity contribution in [1.29, 1.82) is 0 Å². The molecule has 4 nitrogen and oxygen atoms in total. The molecule has 1 saturated heterocycles. The van der Waals surface area contributed by atoms with E-state index in [0.29, 0.717) is 6.04 Å². The van der Waals surface area contributed by atoms with Gasteiger partial charge < -0.3 is 9.64 Å². The van der Waals surface area contributed by atoms with Crippen molar-refractivity contribution in [3.63, 3.8) is 0 Å². The number of piperazine rings is 1. The van der Waals surface area contributed by atoms with Crippen molar-refractivity contribution in [3.8, 4) is 0 Å². The van der Waals surface area contributed by atoms with Gasteiger partial charge in [0, 0.05) is 32.2 Å². The lowest BCUT2D eigenvalue weighted by Gasteiger charge is -2.38. The summed E-state index contributed by atoms with van der Waals surface area (Å²) in [6.07, 6.45) is 1.17. The summed E-state index contributed by atoms with van der Waals surface area (Å²) < 4.78 is 5.53. The third-order valence-corrected chi connectivity index (χ3v) is 3.51. The molecule has 1 aliphatic heterocycles. The van der Waals surface area contributed by atoms with E-state index in [4.69, 9.17) is 4.74 Å². The summed E-state index contributed by atoms with van der Waals surface area (Å²) in [5.74, 6) is 0.119. The minimum Gasteiger partial charge on any atom is -0.366 e.